The van der Waals surface area contributed by atoms with E-state index in [1.807, 2.05) is 16.9 Å². The van der Waals surface area contributed by atoms with Crippen LogP contribution >= 0.6 is 0 Å². The van der Waals surface area contributed by atoms with Gasteiger partial charge in [0.2, 0.25) is 0 Å². The number of carbonyl (C=O) groups excluding carboxylic acids is 1. The van der Waals surface area contributed by atoms with Gasteiger partial charge in [-0.15, -0.1) is 0 Å². The van der Waals surface area contributed by atoms with Crippen molar-refractivity contribution in [1.82, 2.24) is 14.8 Å². The Morgan fingerprint density at radius 1 is 1.03 bits per heavy atom. The van der Waals surface area contributed by atoms with Crippen molar-refractivity contribution in [3.8, 4) is 0 Å². The number of aromatic nitrogens is 3. The van der Waals surface area contributed by atoms with E-state index in [0.717, 1.165) is 47.4 Å². The van der Waals surface area contributed by atoms with Gasteiger partial charge in [0.1, 0.15) is 5.52 Å². The largest absolute Gasteiger partial charge is 0.390 e. The third-order valence-corrected chi connectivity index (χ3v) is 11.8. The van der Waals surface area contributed by atoms with Crippen molar-refractivity contribution in [2.45, 2.75) is 90.2 Å². The second-order valence-electron chi connectivity index (χ2n) is 13.6. The lowest BCUT2D eigenvalue weighted by molar-refractivity contribution is -0.135. The summed E-state index contributed by atoms with van der Waals surface area (Å²) in [6.07, 6.45) is 17.8. The van der Waals surface area contributed by atoms with Gasteiger partial charge in [0.25, 0.3) is 0 Å². The first-order valence-electron chi connectivity index (χ1n) is 14.4. The first-order chi connectivity index (χ1) is 16.8. The van der Waals surface area contributed by atoms with Gasteiger partial charge in [0.15, 0.2) is 5.78 Å². The first-order valence-corrected chi connectivity index (χ1v) is 14.4. The number of rotatable bonds is 3. The Bertz CT molecular complexity index is 1110. The molecule has 3 unspecified atom stereocenters. The lowest BCUT2D eigenvalue weighted by Gasteiger charge is -2.57. The van der Waals surface area contributed by atoms with E-state index in [1.54, 1.807) is 12.4 Å². The molecule has 0 amide bonds. The van der Waals surface area contributed by atoms with Crippen LogP contribution < -0.4 is 0 Å². The number of hydrogen-bond donors (Lipinski definition) is 1. The van der Waals surface area contributed by atoms with E-state index < -0.39 is 5.60 Å². The molecule has 0 radical (unpaired) electrons. The average molecular weight is 476 g/mol. The molecular weight excluding hydrogens is 434 g/mol. The number of nitrogens with zero attached hydrogens (tertiary/aromatic N) is 3. The Morgan fingerprint density at radius 2 is 1.83 bits per heavy atom. The van der Waals surface area contributed by atoms with E-state index in [4.69, 9.17) is 0 Å². The summed E-state index contributed by atoms with van der Waals surface area (Å²) < 4.78 is 1.88. The standard InChI is InChI=1S/C30H41N3O2/c1-29(35)11-8-20-18(14-29)6-7-24-21(20)9-12-30(2)27(24)22-4-3-5-23(22)28(30)26(34)17-33-16-19-10-13-31-15-25(19)32-33/h10,13,15-16,18,20-24,27-28,35H,3-9,11-12,14,17H2,1-2H3/t18?,20-,21+,22+,23-,24?,27?,28+,29+,30-/m0/s1. The number of carbonyl (C=O) groups is 1. The van der Waals surface area contributed by atoms with E-state index in [-0.39, 0.29) is 11.3 Å². The zero-order valence-electron chi connectivity index (χ0n) is 21.4. The molecule has 1 N–H and O–H groups in total. The average Bonchev–Trinajstić information content (AvgIpc) is 3.49. The second-order valence-corrected chi connectivity index (χ2v) is 13.6. The third-order valence-electron chi connectivity index (χ3n) is 11.8. The van der Waals surface area contributed by atoms with E-state index in [9.17, 15) is 9.90 Å². The van der Waals surface area contributed by atoms with Crippen LogP contribution in [0.1, 0.15) is 78.1 Å². The fraction of sp³-hybridized carbons (Fsp3) is 0.767. The van der Waals surface area contributed by atoms with Crippen LogP contribution in [0.4, 0.5) is 0 Å². The Hall–Kier alpha value is -1.75. The maximum atomic E-state index is 14.0. The lowest BCUT2D eigenvalue weighted by atomic mass is 9.48. The molecule has 5 nitrogen and oxygen atoms in total. The summed E-state index contributed by atoms with van der Waals surface area (Å²) in [5.74, 6) is 5.78. The van der Waals surface area contributed by atoms with E-state index in [1.165, 1.54) is 51.4 Å². The summed E-state index contributed by atoms with van der Waals surface area (Å²) in [4.78, 5) is 18.2. The fourth-order valence-electron chi connectivity index (χ4n) is 10.8. The van der Waals surface area contributed by atoms with Crippen LogP contribution in [0.5, 0.6) is 0 Å². The number of fused-ring (bicyclic) bond motifs is 8. The molecule has 0 saturated heterocycles. The Balaban J connectivity index is 1.17. The first kappa shape index (κ1) is 22.4. The quantitative estimate of drug-likeness (QED) is 0.622. The van der Waals surface area contributed by atoms with Crippen LogP contribution in [0.15, 0.2) is 24.7 Å². The highest BCUT2D eigenvalue weighted by Gasteiger charge is 2.65. The SMILES string of the molecule is C[C@@]1(O)CC[C@H]2C(CCC3C4[C@@H]5CCC[C@@H]5[C@H](C(=O)Cn5cc6ccncc6n5)[C@@]4(C)CC[C@@H]32)C1. The van der Waals surface area contributed by atoms with Gasteiger partial charge in [0.05, 0.1) is 18.3 Å². The highest BCUT2D eigenvalue weighted by Crippen LogP contribution is 2.70. The molecule has 188 valence electrons. The van der Waals surface area contributed by atoms with Gasteiger partial charge in [-0.25, -0.2) is 0 Å². The molecule has 5 aliphatic rings. The van der Waals surface area contributed by atoms with Crippen LogP contribution in [0, 0.1) is 52.8 Å². The third kappa shape index (κ3) is 3.39. The van der Waals surface area contributed by atoms with Gasteiger partial charge in [-0.1, -0.05) is 13.3 Å². The van der Waals surface area contributed by atoms with Gasteiger partial charge in [0, 0.05) is 23.7 Å². The number of aliphatic hydroxyl groups is 1. The Kier molecular flexibility index (Phi) is 5.05. The minimum Gasteiger partial charge on any atom is -0.390 e. The van der Waals surface area contributed by atoms with E-state index in [0.29, 0.717) is 30.1 Å². The maximum Gasteiger partial charge on any atom is 0.158 e. The van der Waals surface area contributed by atoms with E-state index >= 15 is 0 Å². The predicted octanol–water partition coefficient (Wildman–Crippen LogP) is 5.66. The smallest absolute Gasteiger partial charge is 0.158 e. The van der Waals surface area contributed by atoms with Crippen LogP contribution in [0.25, 0.3) is 10.9 Å². The summed E-state index contributed by atoms with van der Waals surface area (Å²) in [5, 5.41) is 16.5. The van der Waals surface area contributed by atoms with Gasteiger partial charge in [-0.3, -0.25) is 14.5 Å². The fourth-order valence-corrected chi connectivity index (χ4v) is 10.8. The van der Waals surface area contributed by atoms with E-state index in [2.05, 4.69) is 23.9 Å². The van der Waals surface area contributed by atoms with Crippen LogP contribution in [0.2, 0.25) is 0 Å². The second kappa shape index (κ2) is 7.87. The van der Waals surface area contributed by atoms with Crippen molar-refractivity contribution in [2.24, 2.45) is 52.8 Å². The van der Waals surface area contributed by atoms with Crippen LogP contribution in [-0.4, -0.2) is 31.3 Å². The molecule has 5 aliphatic carbocycles. The molecule has 2 heterocycles. The van der Waals surface area contributed by atoms with Crippen molar-refractivity contribution >= 4 is 16.7 Å². The summed E-state index contributed by atoms with van der Waals surface area (Å²) in [6, 6.07) is 1.98. The van der Waals surface area contributed by atoms with Crippen LogP contribution in [0.3, 0.4) is 0 Å². The molecule has 0 aliphatic heterocycles. The summed E-state index contributed by atoms with van der Waals surface area (Å²) in [5.41, 5.74) is 0.569. The molecule has 5 saturated carbocycles. The van der Waals surface area contributed by atoms with Gasteiger partial charge in [-0.2, -0.15) is 5.10 Å². The van der Waals surface area contributed by atoms with Gasteiger partial charge >= 0.3 is 0 Å². The van der Waals surface area contributed by atoms with Gasteiger partial charge in [-0.05, 0) is 118 Å². The summed E-state index contributed by atoms with van der Waals surface area (Å²) in [7, 11) is 0. The predicted molar refractivity (Wildman–Crippen MR) is 135 cm³/mol. The minimum absolute atomic E-state index is 0.148. The minimum atomic E-state index is -0.452. The zero-order valence-corrected chi connectivity index (χ0v) is 21.4. The molecule has 0 spiro atoms. The topological polar surface area (TPSA) is 68.0 Å². The highest BCUT2D eigenvalue weighted by atomic mass is 16.3. The normalized spacial score (nSPS) is 46.6. The number of pyridine rings is 1. The summed E-state index contributed by atoms with van der Waals surface area (Å²) >= 11 is 0. The molecule has 2 aromatic heterocycles. The Labute approximate surface area is 209 Å². The maximum absolute atomic E-state index is 14.0. The zero-order chi connectivity index (χ0) is 23.9. The lowest BCUT2D eigenvalue weighted by Crippen LogP contribution is -2.52. The molecule has 0 aromatic carbocycles. The monoisotopic (exact) mass is 475 g/mol. The molecular formula is C30H41N3O2. The van der Waals surface area contributed by atoms with Gasteiger partial charge < -0.3 is 5.11 Å². The van der Waals surface area contributed by atoms with Crippen molar-refractivity contribution < 1.29 is 9.90 Å². The molecule has 5 fully saturated rings. The molecule has 2 aromatic rings. The van der Waals surface area contributed by atoms with Crippen molar-refractivity contribution in [2.75, 3.05) is 0 Å². The number of ketones is 1. The van der Waals surface area contributed by atoms with Crippen molar-refractivity contribution in [1.29, 1.82) is 0 Å². The molecule has 7 rings (SSSR count). The number of Topliss-reactive ketones (excluding diaryl/α,β-unsaturated/α-hetero) is 1. The number of hydrogen-bond acceptors (Lipinski definition) is 4. The molecule has 5 heteroatoms. The molecule has 0 bridgehead atoms. The van der Waals surface area contributed by atoms with Crippen LogP contribution in [-0.2, 0) is 11.3 Å². The van der Waals surface area contributed by atoms with Crippen molar-refractivity contribution in [3.05, 3.63) is 24.7 Å². The highest BCUT2D eigenvalue weighted by molar-refractivity contribution is 5.83. The summed E-state index contributed by atoms with van der Waals surface area (Å²) in [6.45, 7) is 4.97. The molecule has 10 atom stereocenters. The Morgan fingerprint density at radius 3 is 2.69 bits per heavy atom. The molecule has 35 heavy (non-hydrogen) atoms. The van der Waals surface area contributed by atoms with Crippen molar-refractivity contribution in [3.63, 3.8) is 0 Å².